The third-order valence-electron chi connectivity index (χ3n) is 3.28. The molecule has 0 heterocycles. The Hall–Kier alpha value is -3.01. The number of nitro groups is 1. The number of hydrogen-bond acceptors (Lipinski definition) is 7. The van der Waals surface area contributed by atoms with Gasteiger partial charge in [-0.3, -0.25) is 14.8 Å². The number of nitro benzene ring substituents is 1. The molecule has 2 rings (SSSR count). The zero-order chi connectivity index (χ0) is 18.6. The highest BCUT2D eigenvalue weighted by Gasteiger charge is 2.23. The van der Waals surface area contributed by atoms with Crippen molar-refractivity contribution < 1.29 is 27.6 Å². The molecule has 0 saturated carbocycles. The lowest BCUT2D eigenvalue weighted by atomic mass is 10.3. The van der Waals surface area contributed by atoms with Gasteiger partial charge in [-0.2, -0.15) is 0 Å². The van der Waals surface area contributed by atoms with E-state index in [-0.39, 0.29) is 22.0 Å². The van der Waals surface area contributed by atoms with E-state index in [1.807, 2.05) is 0 Å². The first kappa shape index (κ1) is 18.3. The van der Waals surface area contributed by atoms with Crippen molar-refractivity contribution in [3.05, 3.63) is 46.5 Å². The monoisotopic (exact) mass is 368 g/mol. The number of ether oxygens (including phenoxy) is 3. The van der Waals surface area contributed by atoms with Crippen LogP contribution in [0, 0.1) is 10.1 Å². The molecule has 1 N–H and O–H groups in total. The number of sulfonamides is 1. The highest BCUT2D eigenvalue weighted by Crippen LogP contribution is 2.33. The number of anilines is 1. The van der Waals surface area contributed by atoms with Crippen molar-refractivity contribution in [2.75, 3.05) is 26.1 Å². The molecule has 0 radical (unpaired) electrons. The quantitative estimate of drug-likeness (QED) is 0.589. The van der Waals surface area contributed by atoms with Crippen LogP contribution < -0.4 is 18.9 Å². The molecule has 10 heteroatoms. The minimum absolute atomic E-state index is 0.137. The zero-order valence-corrected chi connectivity index (χ0v) is 14.5. The average Bonchev–Trinajstić information content (AvgIpc) is 2.60. The molecule has 25 heavy (non-hydrogen) atoms. The van der Waals surface area contributed by atoms with E-state index in [9.17, 15) is 18.5 Å². The van der Waals surface area contributed by atoms with Crippen LogP contribution in [0.25, 0.3) is 0 Å². The summed E-state index contributed by atoms with van der Waals surface area (Å²) in [5.41, 5.74) is -0.0417. The molecular formula is C15H16N2O7S. The number of benzene rings is 2. The topological polar surface area (TPSA) is 117 Å². The minimum atomic E-state index is -4.04. The molecule has 0 aliphatic heterocycles. The Morgan fingerprint density at radius 3 is 2.12 bits per heavy atom. The highest BCUT2D eigenvalue weighted by molar-refractivity contribution is 7.92. The van der Waals surface area contributed by atoms with Gasteiger partial charge in [-0.05, 0) is 18.2 Å². The van der Waals surface area contributed by atoms with Gasteiger partial charge in [0.1, 0.15) is 10.6 Å². The van der Waals surface area contributed by atoms with Crippen LogP contribution in [0.1, 0.15) is 0 Å². The predicted molar refractivity (Wildman–Crippen MR) is 90.0 cm³/mol. The summed E-state index contributed by atoms with van der Waals surface area (Å²) in [4.78, 5) is 9.95. The Morgan fingerprint density at radius 2 is 1.56 bits per heavy atom. The molecule has 2 aromatic rings. The molecule has 0 aliphatic carbocycles. The van der Waals surface area contributed by atoms with E-state index in [0.29, 0.717) is 11.5 Å². The second kappa shape index (κ2) is 7.26. The minimum Gasteiger partial charge on any atom is -0.495 e. The van der Waals surface area contributed by atoms with Crippen molar-refractivity contribution >= 4 is 21.4 Å². The first-order chi connectivity index (χ1) is 11.8. The van der Waals surface area contributed by atoms with E-state index in [1.165, 1.54) is 33.5 Å². The second-order valence-corrected chi connectivity index (χ2v) is 6.42. The summed E-state index contributed by atoms with van der Waals surface area (Å²) in [7, 11) is 0.0814. The van der Waals surface area contributed by atoms with Crippen molar-refractivity contribution in [3.8, 4) is 17.2 Å². The summed E-state index contributed by atoms with van der Waals surface area (Å²) in [6.45, 7) is 0. The average molecular weight is 368 g/mol. The number of hydrogen-bond donors (Lipinski definition) is 1. The molecule has 0 amide bonds. The number of rotatable bonds is 7. The molecule has 0 fully saturated rings. The molecule has 0 saturated heterocycles. The third kappa shape index (κ3) is 3.91. The van der Waals surface area contributed by atoms with Crippen molar-refractivity contribution in [1.82, 2.24) is 0 Å². The fraction of sp³-hybridized carbons (Fsp3) is 0.200. The van der Waals surface area contributed by atoms with Crippen LogP contribution in [-0.2, 0) is 10.0 Å². The molecule has 0 atom stereocenters. The summed E-state index contributed by atoms with van der Waals surface area (Å²) in [6.07, 6.45) is 0. The van der Waals surface area contributed by atoms with E-state index in [2.05, 4.69) is 4.72 Å². The fourth-order valence-electron chi connectivity index (χ4n) is 2.10. The molecule has 0 aliphatic rings. The highest BCUT2D eigenvalue weighted by atomic mass is 32.2. The van der Waals surface area contributed by atoms with Crippen molar-refractivity contribution in [1.29, 1.82) is 0 Å². The maximum absolute atomic E-state index is 12.6. The van der Waals surface area contributed by atoms with Gasteiger partial charge in [0.2, 0.25) is 0 Å². The smallest absolute Gasteiger partial charge is 0.273 e. The van der Waals surface area contributed by atoms with Gasteiger partial charge in [0, 0.05) is 12.1 Å². The number of non-ortho nitro benzene ring substituents is 1. The molecule has 0 aromatic heterocycles. The molecular weight excluding hydrogens is 352 g/mol. The van der Waals surface area contributed by atoms with Crippen LogP contribution in [0.4, 0.5) is 11.4 Å². The van der Waals surface area contributed by atoms with Crippen LogP contribution in [0.2, 0.25) is 0 Å². The van der Waals surface area contributed by atoms with E-state index in [1.54, 1.807) is 6.07 Å². The van der Waals surface area contributed by atoms with Gasteiger partial charge in [0.25, 0.3) is 15.7 Å². The Kier molecular flexibility index (Phi) is 5.32. The summed E-state index contributed by atoms with van der Waals surface area (Å²) >= 11 is 0. The van der Waals surface area contributed by atoms with E-state index in [0.717, 1.165) is 18.2 Å². The number of nitrogens with zero attached hydrogens (tertiary/aromatic N) is 1. The van der Waals surface area contributed by atoms with Crippen molar-refractivity contribution in [2.24, 2.45) is 0 Å². The molecule has 9 nitrogen and oxygen atoms in total. The largest absolute Gasteiger partial charge is 0.495 e. The van der Waals surface area contributed by atoms with E-state index < -0.39 is 14.9 Å². The van der Waals surface area contributed by atoms with Crippen LogP contribution in [0.3, 0.4) is 0 Å². The lowest BCUT2D eigenvalue weighted by molar-refractivity contribution is -0.385. The SMILES string of the molecule is COc1ccc(NS(=O)(=O)c2ccc([N+](=O)[O-])cc2OC)cc1OC. The van der Waals surface area contributed by atoms with Gasteiger partial charge in [0.15, 0.2) is 11.5 Å². The molecule has 2 aromatic carbocycles. The van der Waals surface area contributed by atoms with E-state index >= 15 is 0 Å². The van der Waals surface area contributed by atoms with Gasteiger partial charge < -0.3 is 14.2 Å². The number of methoxy groups -OCH3 is 3. The van der Waals surface area contributed by atoms with Gasteiger partial charge >= 0.3 is 0 Å². The Balaban J connectivity index is 2.41. The van der Waals surface area contributed by atoms with Gasteiger partial charge in [0.05, 0.1) is 38.0 Å². The van der Waals surface area contributed by atoms with Crippen LogP contribution in [0.15, 0.2) is 41.3 Å². The maximum atomic E-state index is 12.6. The summed E-state index contributed by atoms with van der Waals surface area (Å²) < 4.78 is 42.7. The first-order valence-electron chi connectivity index (χ1n) is 6.89. The standard InChI is InChI=1S/C15H16N2O7S/c1-22-12-6-4-10(8-13(12)23-2)16-25(20,21)15-7-5-11(17(18)19)9-14(15)24-3/h4-9,16H,1-3H3. The summed E-state index contributed by atoms with van der Waals surface area (Å²) in [5, 5.41) is 10.8. The summed E-state index contributed by atoms with van der Waals surface area (Å²) in [6, 6.07) is 7.74. The molecule has 0 spiro atoms. The zero-order valence-electron chi connectivity index (χ0n) is 13.7. The molecule has 0 unspecified atom stereocenters. The van der Waals surface area contributed by atoms with Gasteiger partial charge in [-0.1, -0.05) is 0 Å². The lowest BCUT2D eigenvalue weighted by Gasteiger charge is -2.13. The van der Waals surface area contributed by atoms with Gasteiger partial charge in [-0.25, -0.2) is 8.42 Å². The Morgan fingerprint density at radius 1 is 0.920 bits per heavy atom. The summed E-state index contributed by atoms with van der Waals surface area (Å²) in [5.74, 6) is 0.652. The maximum Gasteiger partial charge on any atom is 0.273 e. The van der Waals surface area contributed by atoms with Crippen LogP contribution >= 0.6 is 0 Å². The fourth-order valence-corrected chi connectivity index (χ4v) is 3.30. The predicted octanol–water partition coefficient (Wildman–Crippen LogP) is 2.42. The van der Waals surface area contributed by atoms with Crippen LogP contribution in [0.5, 0.6) is 17.2 Å². The molecule has 0 bridgehead atoms. The Labute approximate surface area is 144 Å². The second-order valence-electron chi connectivity index (χ2n) is 4.77. The van der Waals surface area contributed by atoms with Crippen molar-refractivity contribution in [3.63, 3.8) is 0 Å². The normalized spacial score (nSPS) is 10.8. The molecule has 134 valence electrons. The van der Waals surface area contributed by atoms with Gasteiger partial charge in [-0.15, -0.1) is 0 Å². The Bertz CT molecular complexity index is 897. The van der Waals surface area contributed by atoms with Crippen LogP contribution in [-0.4, -0.2) is 34.7 Å². The lowest BCUT2D eigenvalue weighted by Crippen LogP contribution is -2.14. The van der Waals surface area contributed by atoms with E-state index in [4.69, 9.17) is 14.2 Å². The number of nitrogens with one attached hydrogen (secondary N) is 1. The third-order valence-corrected chi connectivity index (χ3v) is 4.70. The van der Waals surface area contributed by atoms with Crippen molar-refractivity contribution in [2.45, 2.75) is 4.90 Å². The first-order valence-corrected chi connectivity index (χ1v) is 8.38.